The van der Waals surface area contributed by atoms with Crippen LogP contribution >= 0.6 is 0 Å². The molecular weight excluding hydrogens is 218 g/mol. The van der Waals surface area contributed by atoms with Gasteiger partial charge in [-0.3, -0.25) is 0 Å². The van der Waals surface area contributed by atoms with Crippen LogP contribution in [-0.2, 0) is 0 Å². The molecule has 0 spiro atoms. The van der Waals surface area contributed by atoms with Crippen molar-refractivity contribution in [1.29, 1.82) is 0 Å². The molecule has 5 nitrogen and oxygen atoms in total. The molecule has 1 aromatic rings. The zero-order valence-corrected chi connectivity index (χ0v) is 9.85. The van der Waals surface area contributed by atoms with E-state index < -0.39 is 0 Å². The Balaban J connectivity index is 2.18. The molecule has 0 aromatic heterocycles. The molecular formula is C12H17N3O2. The molecule has 2 amide bonds. The van der Waals surface area contributed by atoms with Gasteiger partial charge in [0.1, 0.15) is 5.75 Å². The molecule has 17 heavy (non-hydrogen) atoms. The number of nitrogens with zero attached hydrogens (tertiary/aromatic N) is 1. The van der Waals surface area contributed by atoms with Crippen molar-refractivity contribution in [3.63, 3.8) is 0 Å². The number of primary amides is 1. The maximum absolute atomic E-state index is 11.2. The number of nitrogens with two attached hydrogens (primary N) is 1. The van der Waals surface area contributed by atoms with Crippen molar-refractivity contribution in [2.45, 2.75) is 6.04 Å². The summed E-state index contributed by atoms with van der Waals surface area (Å²) in [6.45, 7) is 1.97. The lowest BCUT2D eigenvalue weighted by molar-refractivity contribution is 0.185. The van der Waals surface area contributed by atoms with E-state index in [1.54, 1.807) is 12.0 Å². The van der Waals surface area contributed by atoms with Crippen LogP contribution in [0.3, 0.4) is 0 Å². The Morgan fingerprint density at radius 2 is 2.29 bits per heavy atom. The van der Waals surface area contributed by atoms with Crippen molar-refractivity contribution in [1.82, 2.24) is 10.2 Å². The lowest BCUT2D eigenvalue weighted by Crippen LogP contribution is -2.50. The zero-order valence-electron chi connectivity index (χ0n) is 9.85. The zero-order chi connectivity index (χ0) is 12.3. The van der Waals surface area contributed by atoms with Crippen molar-refractivity contribution < 1.29 is 9.53 Å². The average molecular weight is 235 g/mol. The first-order valence-electron chi connectivity index (χ1n) is 5.63. The van der Waals surface area contributed by atoms with E-state index in [9.17, 15) is 4.79 Å². The molecule has 5 heteroatoms. The molecule has 1 aliphatic rings. The first-order valence-corrected chi connectivity index (χ1v) is 5.63. The molecule has 3 N–H and O–H groups in total. The van der Waals surface area contributed by atoms with E-state index in [0.717, 1.165) is 17.9 Å². The SMILES string of the molecule is COc1ccccc1C1CN(C(N)=O)CCN1. The monoisotopic (exact) mass is 235 g/mol. The summed E-state index contributed by atoms with van der Waals surface area (Å²) < 4.78 is 5.32. The van der Waals surface area contributed by atoms with Crippen LogP contribution in [0.2, 0.25) is 0 Å². The van der Waals surface area contributed by atoms with E-state index in [1.165, 1.54) is 0 Å². The number of rotatable bonds is 2. The van der Waals surface area contributed by atoms with Gasteiger partial charge in [0.25, 0.3) is 0 Å². The summed E-state index contributed by atoms with van der Waals surface area (Å²) >= 11 is 0. The first-order chi connectivity index (χ1) is 8.22. The van der Waals surface area contributed by atoms with Crippen LogP contribution in [0.25, 0.3) is 0 Å². The molecule has 0 aliphatic carbocycles. The van der Waals surface area contributed by atoms with Gasteiger partial charge in [-0.1, -0.05) is 18.2 Å². The summed E-state index contributed by atoms with van der Waals surface area (Å²) in [6.07, 6.45) is 0. The number of ether oxygens (including phenoxy) is 1. The minimum Gasteiger partial charge on any atom is -0.496 e. The maximum atomic E-state index is 11.2. The normalized spacial score (nSPS) is 20.1. The Morgan fingerprint density at radius 3 is 3.00 bits per heavy atom. The molecule has 0 bridgehead atoms. The van der Waals surface area contributed by atoms with Gasteiger partial charge in [0, 0.05) is 25.2 Å². The molecule has 0 radical (unpaired) electrons. The van der Waals surface area contributed by atoms with Crippen LogP contribution in [0.5, 0.6) is 5.75 Å². The Morgan fingerprint density at radius 1 is 1.53 bits per heavy atom. The number of hydrogen-bond donors (Lipinski definition) is 2. The second-order valence-electron chi connectivity index (χ2n) is 4.03. The maximum Gasteiger partial charge on any atom is 0.314 e. The lowest BCUT2D eigenvalue weighted by Gasteiger charge is -2.33. The highest BCUT2D eigenvalue weighted by molar-refractivity contribution is 5.72. The van der Waals surface area contributed by atoms with E-state index in [1.807, 2.05) is 24.3 Å². The summed E-state index contributed by atoms with van der Waals surface area (Å²) in [5, 5.41) is 3.37. The number of piperazine rings is 1. The number of amides is 2. The van der Waals surface area contributed by atoms with E-state index in [4.69, 9.17) is 10.5 Å². The molecule has 1 aliphatic heterocycles. The molecule has 2 rings (SSSR count). The number of hydrogen-bond acceptors (Lipinski definition) is 3. The summed E-state index contributed by atoms with van der Waals surface area (Å²) in [4.78, 5) is 12.8. The predicted octanol–water partition coefficient (Wildman–Crippen LogP) is 0.720. The van der Waals surface area contributed by atoms with Crippen LogP contribution in [0.15, 0.2) is 24.3 Å². The van der Waals surface area contributed by atoms with Gasteiger partial charge in [0.15, 0.2) is 0 Å². The highest BCUT2D eigenvalue weighted by Crippen LogP contribution is 2.26. The minimum atomic E-state index is -0.369. The van der Waals surface area contributed by atoms with Crippen LogP contribution in [0.4, 0.5) is 4.79 Å². The number of para-hydroxylation sites is 1. The number of carbonyl (C=O) groups is 1. The van der Waals surface area contributed by atoms with Crippen molar-refractivity contribution in [3.8, 4) is 5.75 Å². The molecule has 1 fully saturated rings. The van der Waals surface area contributed by atoms with Crippen LogP contribution in [0.1, 0.15) is 11.6 Å². The molecule has 1 heterocycles. The number of carbonyl (C=O) groups excluding carboxylic acids is 1. The number of urea groups is 1. The highest BCUT2D eigenvalue weighted by Gasteiger charge is 2.24. The largest absolute Gasteiger partial charge is 0.496 e. The molecule has 92 valence electrons. The predicted molar refractivity (Wildman–Crippen MR) is 64.9 cm³/mol. The van der Waals surface area contributed by atoms with Gasteiger partial charge in [0.2, 0.25) is 0 Å². The van der Waals surface area contributed by atoms with Crippen LogP contribution < -0.4 is 15.8 Å². The Kier molecular flexibility index (Phi) is 3.49. The third-order valence-corrected chi connectivity index (χ3v) is 3.00. The van der Waals surface area contributed by atoms with E-state index >= 15 is 0 Å². The van der Waals surface area contributed by atoms with Crippen LogP contribution in [0, 0.1) is 0 Å². The molecule has 1 unspecified atom stereocenters. The van der Waals surface area contributed by atoms with E-state index in [-0.39, 0.29) is 12.1 Å². The van der Waals surface area contributed by atoms with Crippen molar-refractivity contribution in [3.05, 3.63) is 29.8 Å². The summed E-state index contributed by atoms with van der Waals surface area (Å²) in [5.41, 5.74) is 6.36. The van der Waals surface area contributed by atoms with Gasteiger partial charge in [-0.15, -0.1) is 0 Å². The topological polar surface area (TPSA) is 67.6 Å². The summed E-state index contributed by atoms with van der Waals surface area (Å²) in [5.74, 6) is 0.830. The van der Waals surface area contributed by atoms with Crippen molar-refractivity contribution in [2.75, 3.05) is 26.7 Å². The summed E-state index contributed by atoms with van der Waals surface area (Å²) in [7, 11) is 1.65. The van der Waals surface area contributed by atoms with Gasteiger partial charge in [-0.2, -0.15) is 0 Å². The second-order valence-corrected chi connectivity index (χ2v) is 4.03. The Bertz CT molecular complexity index is 408. The number of nitrogens with one attached hydrogen (secondary N) is 1. The van der Waals surface area contributed by atoms with E-state index in [0.29, 0.717) is 13.1 Å². The van der Waals surface area contributed by atoms with Gasteiger partial charge in [-0.05, 0) is 6.07 Å². The van der Waals surface area contributed by atoms with Crippen molar-refractivity contribution >= 4 is 6.03 Å². The fraction of sp³-hybridized carbons (Fsp3) is 0.417. The lowest BCUT2D eigenvalue weighted by atomic mass is 10.0. The van der Waals surface area contributed by atoms with Gasteiger partial charge < -0.3 is 20.7 Å². The smallest absolute Gasteiger partial charge is 0.314 e. The third kappa shape index (κ3) is 2.50. The first kappa shape index (κ1) is 11.7. The Hall–Kier alpha value is -1.75. The Labute approximate surface area is 101 Å². The van der Waals surface area contributed by atoms with Gasteiger partial charge >= 0.3 is 6.03 Å². The molecule has 1 saturated heterocycles. The van der Waals surface area contributed by atoms with E-state index in [2.05, 4.69) is 5.32 Å². The third-order valence-electron chi connectivity index (χ3n) is 3.00. The van der Waals surface area contributed by atoms with Gasteiger partial charge in [-0.25, -0.2) is 4.79 Å². The molecule has 1 aromatic carbocycles. The second kappa shape index (κ2) is 5.05. The molecule has 0 saturated carbocycles. The summed E-state index contributed by atoms with van der Waals surface area (Å²) in [6, 6.07) is 7.51. The van der Waals surface area contributed by atoms with Crippen molar-refractivity contribution in [2.24, 2.45) is 5.73 Å². The average Bonchev–Trinajstić information content (AvgIpc) is 2.39. The fourth-order valence-electron chi connectivity index (χ4n) is 2.11. The standard InChI is InChI=1S/C12H17N3O2/c1-17-11-5-3-2-4-9(11)10-8-15(12(13)16)7-6-14-10/h2-5,10,14H,6-8H2,1H3,(H2,13,16). The number of benzene rings is 1. The number of methoxy groups -OCH3 is 1. The van der Waals surface area contributed by atoms with Gasteiger partial charge in [0.05, 0.1) is 13.2 Å². The quantitative estimate of drug-likeness (QED) is 0.793. The fourth-order valence-corrected chi connectivity index (χ4v) is 2.11. The van der Waals surface area contributed by atoms with Crippen LogP contribution in [-0.4, -0.2) is 37.7 Å². The minimum absolute atomic E-state index is 0.0763. The molecule has 1 atom stereocenters. The highest BCUT2D eigenvalue weighted by atomic mass is 16.5.